The number of aryl methyl sites for hydroxylation is 2. The molecular formula is C14H21N7. The van der Waals surface area contributed by atoms with E-state index in [1.54, 1.807) is 0 Å². The highest BCUT2D eigenvalue weighted by Gasteiger charge is 2.20. The van der Waals surface area contributed by atoms with E-state index in [0.29, 0.717) is 6.04 Å². The summed E-state index contributed by atoms with van der Waals surface area (Å²) in [4.78, 5) is 6.81. The monoisotopic (exact) mass is 287 g/mol. The lowest BCUT2D eigenvalue weighted by molar-refractivity contribution is 0.496. The van der Waals surface area contributed by atoms with Crippen molar-refractivity contribution in [1.29, 1.82) is 0 Å². The minimum absolute atomic E-state index is 0.304. The average Bonchev–Trinajstić information content (AvgIpc) is 2.97. The smallest absolute Gasteiger partial charge is 0.245 e. The molecule has 7 nitrogen and oxygen atoms in total. The third-order valence-electron chi connectivity index (χ3n) is 3.88. The molecule has 0 aromatic carbocycles. The molecule has 2 aromatic heterocycles. The van der Waals surface area contributed by atoms with E-state index in [4.69, 9.17) is 5.73 Å². The van der Waals surface area contributed by atoms with E-state index in [9.17, 15) is 0 Å². The van der Waals surface area contributed by atoms with Crippen LogP contribution in [0.3, 0.4) is 0 Å². The van der Waals surface area contributed by atoms with Gasteiger partial charge in [-0.25, -0.2) is 0 Å². The first kappa shape index (κ1) is 13.9. The van der Waals surface area contributed by atoms with Crippen LogP contribution in [-0.4, -0.2) is 44.5 Å². The molecule has 3 rings (SSSR count). The van der Waals surface area contributed by atoms with Gasteiger partial charge in [0.15, 0.2) is 5.82 Å². The quantitative estimate of drug-likeness (QED) is 0.876. The molecule has 112 valence electrons. The molecule has 0 spiro atoms. The molecule has 0 radical (unpaired) electrons. The molecule has 3 heterocycles. The Morgan fingerprint density at radius 1 is 1.33 bits per heavy atom. The van der Waals surface area contributed by atoms with Crippen molar-refractivity contribution < 1.29 is 0 Å². The van der Waals surface area contributed by atoms with Gasteiger partial charge in [0.05, 0.1) is 11.4 Å². The fourth-order valence-electron chi connectivity index (χ4n) is 2.59. The molecule has 0 amide bonds. The van der Waals surface area contributed by atoms with Crippen molar-refractivity contribution in [2.45, 2.75) is 39.2 Å². The molecule has 0 unspecified atom stereocenters. The summed E-state index contributed by atoms with van der Waals surface area (Å²) < 4.78 is 0. The lowest BCUT2D eigenvalue weighted by Gasteiger charge is -2.28. The van der Waals surface area contributed by atoms with Gasteiger partial charge in [-0.15, -0.1) is 5.10 Å². The maximum absolute atomic E-state index is 5.94. The number of rotatable bonds is 3. The summed E-state index contributed by atoms with van der Waals surface area (Å²) in [5.41, 5.74) is 8.73. The minimum Gasteiger partial charge on any atom is -0.339 e. The first-order chi connectivity index (χ1) is 10.2. The molecule has 1 aliphatic heterocycles. The number of aromatic nitrogens is 5. The second-order valence-electron chi connectivity index (χ2n) is 5.51. The first-order valence-electron chi connectivity index (χ1n) is 7.44. The summed E-state index contributed by atoms with van der Waals surface area (Å²) in [7, 11) is 0. The molecule has 7 heteroatoms. The van der Waals surface area contributed by atoms with Gasteiger partial charge in [0.1, 0.15) is 0 Å². The van der Waals surface area contributed by atoms with Gasteiger partial charge in [0.25, 0.3) is 0 Å². The Balaban J connectivity index is 1.86. The fraction of sp³-hybridized carbons (Fsp3) is 0.571. The summed E-state index contributed by atoms with van der Waals surface area (Å²) in [5, 5.41) is 15.7. The van der Waals surface area contributed by atoms with Gasteiger partial charge in [0.2, 0.25) is 5.95 Å². The van der Waals surface area contributed by atoms with E-state index >= 15 is 0 Å². The predicted octanol–water partition coefficient (Wildman–Crippen LogP) is 1.06. The van der Waals surface area contributed by atoms with E-state index in [0.717, 1.165) is 61.1 Å². The van der Waals surface area contributed by atoms with Crippen LogP contribution in [0.4, 0.5) is 5.95 Å². The van der Waals surface area contributed by atoms with Gasteiger partial charge >= 0.3 is 0 Å². The lowest BCUT2D eigenvalue weighted by Crippen LogP contribution is -2.40. The van der Waals surface area contributed by atoms with Crippen molar-refractivity contribution in [3.63, 3.8) is 0 Å². The molecule has 0 saturated carbocycles. The van der Waals surface area contributed by atoms with Crippen LogP contribution < -0.4 is 10.6 Å². The number of H-pyrrole nitrogens is 1. The highest BCUT2D eigenvalue weighted by Crippen LogP contribution is 2.22. The SMILES string of the molecule is CCc1nnc(C)cc1-c1nc(N2CCC(N)CC2)n[nH]1. The van der Waals surface area contributed by atoms with Crippen molar-refractivity contribution in [2.24, 2.45) is 5.73 Å². The number of hydrogen-bond donors (Lipinski definition) is 2. The zero-order valence-corrected chi connectivity index (χ0v) is 12.5. The summed E-state index contributed by atoms with van der Waals surface area (Å²) in [6.45, 7) is 5.81. The summed E-state index contributed by atoms with van der Waals surface area (Å²) in [6, 6.07) is 2.31. The maximum Gasteiger partial charge on any atom is 0.245 e. The Morgan fingerprint density at radius 3 is 2.81 bits per heavy atom. The van der Waals surface area contributed by atoms with E-state index in [-0.39, 0.29) is 0 Å². The zero-order chi connectivity index (χ0) is 14.8. The standard InChI is InChI=1S/C14H21N7/c1-3-12-11(8-9(2)17-18-12)13-16-14(20-19-13)21-6-4-10(15)5-7-21/h8,10H,3-7,15H2,1-2H3,(H,16,19,20). The average molecular weight is 287 g/mol. The van der Waals surface area contributed by atoms with Crippen molar-refractivity contribution in [2.75, 3.05) is 18.0 Å². The Labute approximate surface area is 124 Å². The topological polar surface area (TPSA) is 96.6 Å². The zero-order valence-electron chi connectivity index (χ0n) is 12.5. The third kappa shape index (κ3) is 2.87. The largest absolute Gasteiger partial charge is 0.339 e. The van der Waals surface area contributed by atoms with Crippen molar-refractivity contribution >= 4 is 5.95 Å². The number of hydrogen-bond acceptors (Lipinski definition) is 6. The van der Waals surface area contributed by atoms with Crippen molar-refractivity contribution in [3.05, 3.63) is 17.5 Å². The molecule has 0 atom stereocenters. The number of nitrogens with one attached hydrogen (secondary N) is 1. The van der Waals surface area contributed by atoms with Crippen LogP contribution in [0.1, 0.15) is 31.2 Å². The Kier molecular flexibility index (Phi) is 3.83. The van der Waals surface area contributed by atoms with Gasteiger partial charge in [0, 0.05) is 24.7 Å². The predicted molar refractivity (Wildman–Crippen MR) is 80.9 cm³/mol. The molecule has 0 bridgehead atoms. The van der Waals surface area contributed by atoms with Gasteiger partial charge < -0.3 is 10.6 Å². The second kappa shape index (κ2) is 5.77. The van der Waals surface area contributed by atoms with E-state index < -0.39 is 0 Å². The van der Waals surface area contributed by atoms with Crippen LogP contribution in [0, 0.1) is 6.92 Å². The van der Waals surface area contributed by atoms with E-state index in [1.165, 1.54) is 0 Å². The van der Waals surface area contributed by atoms with Gasteiger partial charge in [-0.1, -0.05) is 6.92 Å². The molecule has 0 aliphatic carbocycles. The third-order valence-corrected chi connectivity index (χ3v) is 3.88. The van der Waals surface area contributed by atoms with Crippen molar-refractivity contribution in [3.8, 4) is 11.4 Å². The number of anilines is 1. The van der Waals surface area contributed by atoms with Crippen LogP contribution in [0.5, 0.6) is 0 Å². The highest BCUT2D eigenvalue weighted by atomic mass is 15.4. The summed E-state index contributed by atoms with van der Waals surface area (Å²) >= 11 is 0. The number of aromatic amines is 1. The Hall–Kier alpha value is -2.02. The number of piperidine rings is 1. The fourth-order valence-corrected chi connectivity index (χ4v) is 2.59. The minimum atomic E-state index is 0.304. The van der Waals surface area contributed by atoms with E-state index in [1.807, 2.05) is 13.0 Å². The van der Waals surface area contributed by atoms with Gasteiger partial charge in [-0.2, -0.15) is 15.2 Å². The van der Waals surface area contributed by atoms with Crippen LogP contribution in [0.2, 0.25) is 0 Å². The number of nitrogens with two attached hydrogens (primary N) is 1. The molecule has 2 aromatic rings. The Bertz CT molecular complexity index is 614. The summed E-state index contributed by atoms with van der Waals surface area (Å²) in [5.74, 6) is 1.50. The molecule has 21 heavy (non-hydrogen) atoms. The van der Waals surface area contributed by atoms with Crippen LogP contribution in [-0.2, 0) is 6.42 Å². The molecule has 1 aliphatic rings. The van der Waals surface area contributed by atoms with Crippen LogP contribution in [0.15, 0.2) is 6.07 Å². The summed E-state index contributed by atoms with van der Waals surface area (Å²) in [6.07, 6.45) is 2.79. The molecule has 1 fully saturated rings. The van der Waals surface area contributed by atoms with Gasteiger partial charge in [-0.05, 0) is 32.3 Å². The van der Waals surface area contributed by atoms with Crippen LogP contribution in [0.25, 0.3) is 11.4 Å². The first-order valence-corrected chi connectivity index (χ1v) is 7.44. The lowest BCUT2D eigenvalue weighted by atomic mass is 10.1. The van der Waals surface area contributed by atoms with Crippen LogP contribution >= 0.6 is 0 Å². The van der Waals surface area contributed by atoms with Gasteiger partial charge in [-0.3, -0.25) is 5.10 Å². The highest BCUT2D eigenvalue weighted by molar-refractivity contribution is 5.59. The van der Waals surface area contributed by atoms with E-state index in [2.05, 4.69) is 37.2 Å². The second-order valence-corrected chi connectivity index (χ2v) is 5.51. The molecule has 1 saturated heterocycles. The molecule has 3 N–H and O–H groups in total. The number of nitrogens with zero attached hydrogens (tertiary/aromatic N) is 5. The molecular weight excluding hydrogens is 266 g/mol. The normalized spacial score (nSPS) is 16.4. The van der Waals surface area contributed by atoms with Crippen molar-refractivity contribution in [1.82, 2.24) is 25.4 Å². The maximum atomic E-state index is 5.94. The Morgan fingerprint density at radius 2 is 2.10 bits per heavy atom.